The Hall–Kier alpha value is -3.50. The molecule has 8 nitrogen and oxygen atoms in total. The molecule has 0 aliphatic heterocycles. The number of amides is 1. The average molecular weight is 520 g/mol. The fraction of sp³-hybridized carbons (Fsp3) is 0.0870. The van der Waals surface area contributed by atoms with Crippen molar-refractivity contribution in [2.75, 3.05) is 11.1 Å². The van der Waals surface area contributed by atoms with Gasteiger partial charge in [-0.05, 0) is 52.3 Å². The molecule has 3 aromatic carbocycles. The van der Waals surface area contributed by atoms with Gasteiger partial charge in [-0.3, -0.25) is 9.36 Å². The molecule has 33 heavy (non-hydrogen) atoms. The number of nitrogens with one attached hydrogen (secondary N) is 1. The van der Waals surface area contributed by atoms with Crippen molar-refractivity contribution in [1.29, 1.82) is 0 Å². The van der Waals surface area contributed by atoms with Crippen LogP contribution in [0, 0.1) is 0 Å². The lowest BCUT2D eigenvalue weighted by molar-refractivity contribution is -0.115. The van der Waals surface area contributed by atoms with Gasteiger partial charge >= 0.3 is 0 Å². The molecule has 10 heteroatoms. The number of rotatable bonds is 7. The number of fused-ring (bicyclic) bond motifs is 1. The molecule has 0 radical (unpaired) electrons. The van der Waals surface area contributed by atoms with Crippen LogP contribution >= 0.6 is 27.7 Å². The van der Waals surface area contributed by atoms with Gasteiger partial charge < -0.3 is 5.32 Å². The van der Waals surface area contributed by atoms with E-state index in [1.165, 1.54) is 11.8 Å². The number of carbonyl (C=O) groups is 1. The first-order valence-electron chi connectivity index (χ1n) is 10.2. The van der Waals surface area contributed by atoms with Gasteiger partial charge in [-0.15, -0.1) is 15.3 Å². The van der Waals surface area contributed by atoms with E-state index in [1.807, 2.05) is 83.4 Å². The van der Waals surface area contributed by atoms with Crippen LogP contribution in [0.25, 0.3) is 22.7 Å². The second-order valence-electron chi connectivity index (χ2n) is 7.07. The Labute approximate surface area is 202 Å². The Morgan fingerprint density at radius 1 is 0.909 bits per heavy atom. The number of benzene rings is 3. The van der Waals surface area contributed by atoms with Gasteiger partial charge in [-0.25, -0.2) is 0 Å². The summed E-state index contributed by atoms with van der Waals surface area (Å²) >= 11 is 4.91. The minimum absolute atomic E-state index is 0.0670. The summed E-state index contributed by atoms with van der Waals surface area (Å²) in [6, 6.07) is 25.1. The summed E-state index contributed by atoms with van der Waals surface area (Å²) in [4.78, 5) is 12.4. The van der Waals surface area contributed by atoms with Crippen molar-refractivity contribution in [3.05, 3.63) is 83.3 Å². The smallest absolute Gasteiger partial charge is 0.259 e. The lowest BCUT2D eigenvalue weighted by Gasteiger charge is -2.10. The molecule has 0 fully saturated rings. The number of hydrogen-bond acceptors (Lipinski definition) is 6. The van der Waals surface area contributed by atoms with Crippen LogP contribution in [0.5, 0.6) is 0 Å². The largest absolute Gasteiger partial charge is 0.325 e. The van der Waals surface area contributed by atoms with E-state index >= 15 is 0 Å². The molecule has 2 heterocycles. The van der Waals surface area contributed by atoms with Crippen LogP contribution in [0.2, 0.25) is 0 Å². The van der Waals surface area contributed by atoms with Gasteiger partial charge in [0, 0.05) is 16.6 Å². The monoisotopic (exact) mass is 519 g/mol. The van der Waals surface area contributed by atoms with E-state index in [0.29, 0.717) is 23.3 Å². The Kier molecular flexibility index (Phi) is 6.18. The predicted molar refractivity (Wildman–Crippen MR) is 132 cm³/mol. The van der Waals surface area contributed by atoms with Gasteiger partial charge in [-0.1, -0.05) is 59.4 Å². The molecule has 0 bridgehead atoms. The number of para-hydroxylation sites is 3. The summed E-state index contributed by atoms with van der Waals surface area (Å²) < 4.78 is 4.45. The average Bonchev–Trinajstić information content (AvgIpc) is 3.45. The molecule has 2 aromatic heterocycles. The third-order valence-electron chi connectivity index (χ3n) is 4.88. The minimum atomic E-state index is -0.0670. The number of nitrogens with zero attached hydrogens (tertiary/aromatic N) is 6. The molecule has 0 atom stereocenters. The van der Waals surface area contributed by atoms with Crippen molar-refractivity contribution < 1.29 is 4.79 Å². The summed E-state index contributed by atoms with van der Waals surface area (Å²) in [6.45, 7) is 0. The van der Waals surface area contributed by atoms with E-state index in [2.05, 4.69) is 41.8 Å². The molecule has 164 valence electrons. The Morgan fingerprint density at radius 3 is 2.52 bits per heavy atom. The number of halogens is 1. The minimum Gasteiger partial charge on any atom is -0.325 e. The summed E-state index contributed by atoms with van der Waals surface area (Å²) in [5, 5.41) is 20.9. The van der Waals surface area contributed by atoms with E-state index in [1.54, 1.807) is 4.68 Å². The summed E-state index contributed by atoms with van der Waals surface area (Å²) in [5.74, 6) is 1.01. The third-order valence-corrected chi connectivity index (χ3v) is 6.50. The number of hydrogen-bond donors (Lipinski definition) is 1. The standard InChI is InChI=1S/C23H18BrN7OS/c24-17-10-4-5-11-18(17)25-21(32)14-15-33-23-28-27-22(30(23)16-8-2-1-3-9-16)31-20-13-7-6-12-19(20)26-29-31/h1-13H,14-15H2,(H,25,32). The molecule has 5 aromatic rings. The highest BCUT2D eigenvalue weighted by Crippen LogP contribution is 2.26. The molecule has 0 aliphatic rings. The SMILES string of the molecule is O=C(CCSc1nnc(-n2nnc3ccccc32)n1-c1ccccc1)Nc1ccccc1Br. The molecule has 0 aliphatic carbocycles. The zero-order valence-corrected chi connectivity index (χ0v) is 19.7. The number of anilines is 1. The van der Waals surface area contributed by atoms with Gasteiger partial charge in [0.1, 0.15) is 5.52 Å². The topological polar surface area (TPSA) is 90.5 Å². The Bertz CT molecular complexity index is 1420. The van der Waals surface area contributed by atoms with Crippen LogP contribution in [0.4, 0.5) is 5.69 Å². The normalized spacial score (nSPS) is 11.1. The van der Waals surface area contributed by atoms with E-state index in [0.717, 1.165) is 26.9 Å². The zero-order chi connectivity index (χ0) is 22.6. The van der Waals surface area contributed by atoms with Crippen molar-refractivity contribution >= 4 is 50.3 Å². The first-order chi connectivity index (χ1) is 16.2. The molecular formula is C23H18BrN7OS. The highest BCUT2D eigenvalue weighted by molar-refractivity contribution is 9.10. The van der Waals surface area contributed by atoms with Crippen molar-refractivity contribution in [3.63, 3.8) is 0 Å². The Balaban J connectivity index is 1.39. The quantitative estimate of drug-likeness (QED) is 0.308. The van der Waals surface area contributed by atoms with Crippen molar-refractivity contribution in [3.8, 4) is 11.6 Å². The number of thioether (sulfide) groups is 1. The summed E-state index contributed by atoms with van der Waals surface area (Å²) in [6.07, 6.45) is 0.329. The second-order valence-corrected chi connectivity index (χ2v) is 8.99. The second kappa shape index (κ2) is 9.55. The number of aromatic nitrogens is 6. The van der Waals surface area contributed by atoms with E-state index in [9.17, 15) is 4.79 Å². The maximum absolute atomic E-state index is 12.4. The zero-order valence-electron chi connectivity index (χ0n) is 17.3. The lowest BCUT2D eigenvalue weighted by atomic mass is 10.3. The van der Waals surface area contributed by atoms with Crippen LogP contribution in [-0.4, -0.2) is 41.4 Å². The van der Waals surface area contributed by atoms with Crippen LogP contribution < -0.4 is 5.32 Å². The predicted octanol–water partition coefficient (Wildman–Crippen LogP) is 4.88. The molecule has 0 spiro atoms. The van der Waals surface area contributed by atoms with Gasteiger partial charge in [0.15, 0.2) is 5.16 Å². The first kappa shape index (κ1) is 21.4. The summed E-state index contributed by atoms with van der Waals surface area (Å²) in [5.41, 5.74) is 3.27. The molecule has 0 unspecified atom stereocenters. The Morgan fingerprint density at radius 2 is 1.67 bits per heavy atom. The van der Waals surface area contributed by atoms with Crippen molar-refractivity contribution in [1.82, 2.24) is 29.8 Å². The van der Waals surface area contributed by atoms with Crippen molar-refractivity contribution in [2.24, 2.45) is 0 Å². The highest BCUT2D eigenvalue weighted by Gasteiger charge is 2.19. The van der Waals surface area contributed by atoms with Gasteiger partial charge in [0.2, 0.25) is 5.91 Å². The van der Waals surface area contributed by atoms with Crippen LogP contribution in [0.3, 0.4) is 0 Å². The third kappa shape index (κ3) is 4.53. The van der Waals surface area contributed by atoms with Crippen LogP contribution in [-0.2, 0) is 4.79 Å². The molecule has 1 N–H and O–H groups in total. The maximum Gasteiger partial charge on any atom is 0.259 e. The number of carbonyl (C=O) groups excluding carboxylic acids is 1. The summed E-state index contributed by atoms with van der Waals surface area (Å²) in [7, 11) is 0. The fourth-order valence-electron chi connectivity index (χ4n) is 3.32. The van der Waals surface area contributed by atoms with E-state index in [4.69, 9.17) is 0 Å². The highest BCUT2D eigenvalue weighted by atomic mass is 79.9. The van der Waals surface area contributed by atoms with Crippen molar-refractivity contribution in [2.45, 2.75) is 11.6 Å². The molecular weight excluding hydrogens is 502 g/mol. The molecule has 0 saturated heterocycles. The van der Waals surface area contributed by atoms with Crippen LogP contribution in [0.15, 0.2) is 88.5 Å². The van der Waals surface area contributed by atoms with Gasteiger partial charge in [-0.2, -0.15) is 4.68 Å². The van der Waals surface area contributed by atoms with E-state index in [-0.39, 0.29) is 5.91 Å². The fourth-order valence-corrected chi connectivity index (χ4v) is 4.59. The van der Waals surface area contributed by atoms with Crippen LogP contribution in [0.1, 0.15) is 6.42 Å². The lowest BCUT2D eigenvalue weighted by Crippen LogP contribution is -2.13. The molecule has 1 amide bonds. The first-order valence-corrected chi connectivity index (χ1v) is 12.0. The van der Waals surface area contributed by atoms with Gasteiger partial charge in [0.05, 0.1) is 16.9 Å². The molecule has 5 rings (SSSR count). The van der Waals surface area contributed by atoms with Gasteiger partial charge in [0.25, 0.3) is 5.95 Å². The van der Waals surface area contributed by atoms with E-state index < -0.39 is 0 Å². The maximum atomic E-state index is 12.4. The molecule has 0 saturated carbocycles.